The van der Waals surface area contributed by atoms with Crippen LogP contribution >= 0.6 is 0 Å². The first-order chi connectivity index (χ1) is 17.6. The van der Waals surface area contributed by atoms with Gasteiger partial charge in [0.25, 0.3) is 17.5 Å². The summed E-state index contributed by atoms with van der Waals surface area (Å²) < 4.78 is 28.4. The molecule has 0 aliphatic carbocycles. The van der Waals surface area contributed by atoms with E-state index in [4.69, 9.17) is 9.88 Å². The van der Waals surface area contributed by atoms with Crippen LogP contribution in [-0.4, -0.2) is 86.3 Å². The van der Waals surface area contributed by atoms with E-state index < -0.39 is 38.7 Å². The highest BCUT2D eigenvalue weighted by atomic mass is 32.2. The second-order valence-electron chi connectivity index (χ2n) is 8.58. The Morgan fingerprint density at radius 2 is 1.70 bits per heavy atom. The predicted molar refractivity (Wildman–Crippen MR) is 130 cm³/mol. The van der Waals surface area contributed by atoms with Gasteiger partial charge in [0, 0.05) is 43.9 Å². The van der Waals surface area contributed by atoms with Gasteiger partial charge in [-0.1, -0.05) is 0 Å². The molecule has 2 fully saturated rings. The monoisotopic (exact) mass is 531 g/mol. The number of benzene rings is 2. The number of nitrogens with zero attached hydrogens (tertiary/aromatic N) is 4. The van der Waals surface area contributed by atoms with Crippen molar-refractivity contribution in [2.24, 2.45) is 5.14 Å². The lowest BCUT2D eigenvalue weighted by molar-refractivity contribution is -0.384. The number of nitrogens with two attached hydrogens (primary N) is 1. The summed E-state index contributed by atoms with van der Waals surface area (Å²) in [4.78, 5) is 54.3. The highest BCUT2D eigenvalue weighted by molar-refractivity contribution is 7.89. The van der Waals surface area contributed by atoms with Gasteiger partial charge in [0.15, 0.2) is 0 Å². The van der Waals surface area contributed by atoms with Gasteiger partial charge in [-0.15, -0.1) is 0 Å². The SMILES string of the molecule is NS(=O)(=O)c1ccc(N2C(=O)CC(N(CCN3CCOCC3)C(=O)c3ccc([N+](=O)[O-])cc3)C2=O)cc1. The van der Waals surface area contributed by atoms with Crippen LogP contribution in [0.3, 0.4) is 0 Å². The highest BCUT2D eigenvalue weighted by Gasteiger charge is 2.44. The number of carbonyl (C=O) groups excluding carboxylic acids is 3. The Bertz CT molecular complexity index is 1310. The van der Waals surface area contributed by atoms with Crippen LogP contribution in [0.4, 0.5) is 11.4 Å². The van der Waals surface area contributed by atoms with Crippen molar-refractivity contribution in [3.8, 4) is 0 Å². The fourth-order valence-electron chi connectivity index (χ4n) is 4.28. The van der Waals surface area contributed by atoms with Crippen LogP contribution in [0.2, 0.25) is 0 Å². The molecular weight excluding hydrogens is 506 g/mol. The molecule has 2 aliphatic heterocycles. The molecule has 1 atom stereocenters. The molecule has 1 unspecified atom stereocenters. The van der Waals surface area contributed by atoms with Crippen molar-refractivity contribution in [1.82, 2.24) is 9.80 Å². The molecule has 2 aromatic rings. The summed E-state index contributed by atoms with van der Waals surface area (Å²) in [6, 6.07) is 8.91. The smallest absolute Gasteiger partial charge is 0.269 e. The predicted octanol–water partition coefficient (Wildman–Crippen LogP) is 0.349. The topological polar surface area (TPSA) is 173 Å². The molecule has 14 heteroatoms. The van der Waals surface area contributed by atoms with Crippen molar-refractivity contribution >= 4 is 39.1 Å². The summed E-state index contributed by atoms with van der Waals surface area (Å²) in [6.07, 6.45) is -0.266. The number of anilines is 1. The van der Waals surface area contributed by atoms with Crippen LogP contribution in [0, 0.1) is 10.1 Å². The minimum Gasteiger partial charge on any atom is -0.379 e. The Morgan fingerprint density at radius 3 is 2.27 bits per heavy atom. The standard InChI is InChI=1S/C23H25N5O8S/c24-37(34,35)19-7-5-17(6-8-19)27-21(29)15-20(23(27)31)26(10-9-25-11-13-36-14-12-25)22(30)16-1-3-18(4-2-16)28(32)33/h1-8,20H,9-15H2,(H2,24,34,35). The third-order valence-corrected chi connectivity index (χ3v) is 7.20. The lowest BCUT2D eigenvalue weighted by Crippen LogP contribution is -2.49. The van der Waals surface area contributed by atoms with Gasteiger partial charge in [0.1, 0.15) is 6.04 Å². The maximum atomic E-state index is 13.5. The van der Waals surface area contributed by atoms with E-state index in [9.17, 15) is 32.9 Å². The maximum absolute atomic E-state index is 13.5. The molecular formula is C23H25N5O8S. The van der Waals surface area contributed by atoms with Gasteiger partial charge < -0.3 is 9.64 Å². The van der Waals surface area contributed by atoms with E-state index >= 15 is 0 Å². The molecule has 13 nitrogen and oxygen atoms in total. The molecule has 37 heavy (non-hydrogen) atoms. The zero-order chi connectivity index (χ0) is 26.7. The van der Waals surface area contributed by atoms with Crippen LogP contribution in [0.15, 0.2) is 53.4 Å². The molecule has 0 spiro atoms. The summed E-state index contributed by atoms with van der Waals surface area (Å²) in [5.41, 5.74) is 0.113. The van der Waals surface area contributed by atoms with Crippen LogP contribution < -0.4 is 10.0 Å². The molecule has 2 N–H and O–H groups in total. The Kier molecular flexibility index (Phi) is 7.63. The Labute approximate surface area is 212 Å². The number of hydrogen-bond donors (Lipinski definition) is 1. The van der Waals surface area contributed by atoms with E-state index in [2.05, 4.69) is 4.90 Å². The van der Waals surface area contributed by atoms with Gasteiger partial charge in [-0.3, -0.25) is 29.4 Å². The van der Waals surface area contributed by atoms with E-state index in [-0.39, 0.29) is 34.8 Å². The second-order valence-corrected chi connectivity index (χ2v) is 10.1. The van der Waals surface area contributed by atoms with Gasteiger partial charge in [-0.2, -0.15) is 0 Å². The summed E-state index contributed by atoms with van der Waals surface area (Å²) >= 11 is 0. The molecule has 0 bridgehead atoms. The van der Waals surface area contributed by atoms with Crippen molar-refractivity contribution in [3.05, 3.63) is 64.2 Å². The summed E-state index contributed by atoms with van der Waals surface area (Å²) in [5.74, 6) is -1.72. The quantitative estimate of drug-likeness (QED) is 0.286. The fraction of sp³-hybridized carbons (Fsp3) is 0.348. The summed E-state index contributed by atoms with van der Waals surface area (Å²) in [7, 11) is -3.96. The molecule has 2 saturated heterocycles. The van der Waals surface area contributed by atoms with E-state index in [0.29, 0.717) is 32.8 Å². The van der Waals surface area contributed by atoms with Gasteiger partial charge in [0.2, 0.25) is 15.9 Å². The molecule has 3 amide bonds. The molecule has 0 saturated carbocycles. The van der Waals surface area contributed by atoms with Gasteiger partial charge >= 0.3 is 0 Å². The second kappa shape index (κ2) is 10.7. The number of primary sulfonamides is 1. The minimum atomic E-state index is -3.96. The van der Waals surface area contributed by atoms with Crippen LogP contribution in [0.1, 0.15) is 16.8 Å². The van der Waals surface area contributed by atoms with Gasteiger partial charge in [0.05, 0.1) is 35.1 Å². The largest absolute Gasteiger partial charge is 0.379 e. The number of rotatable bonds is 8. The van der Waals surface area contributed by atoms with Crippen molar-refractivity contribution < 1.29 is 32.5 Å². The number of amides is 3. The van der Waals surface area contributed by atoms with E-state index in [0.717, 1.165) is 4.90 Å². The molecule has 2 aromatic carbocycles. The Hall–Kier alpha value is -3.72. The zero-order valence-electron chi connectivity index (χ0n) is 19.7. The fourth-order valence-corrected chi connectivity index (χ4v) is 4.80. The zero-order valence-corrected chi connectivity index (χ0v) is 20.5. The van der Waals surface area contributed by atoms with E-state index in [1.807, 2.05) is 0 Å². The number of sulfonamides is 1. The first-order valence-electron chi connectivity index (χ1n) is 11.4. The van der Waals surface area contributed by atoms with Crippen molar-refractivity contribution in [2.45, 2.75) is 17.4 Å². The number of nitro groups is 1. The summed E-state index contributed by atoms with van der Waals surface area (Å²) in [5, 5.41) is 16.1. The molecule has 2 heterocycles. The first-order valence-corrected chi connectivity index (χ1v) is 13.0. The summed E-state index contributed by atoms with van der Waals surface area (Å²) in [6.45, 7) is 2.96. The molecule has 0 aromatic heterocycles. The lowest BCUT2D eigenvalue weighted by atomic mass is 10.1. The van der Waals surface area contributed by atoms with Crippen molar-refractivity contribution in [2.75, 3.05) is 44.3 Å². The normalized spacial score (nSPS) is 18.7. The van der Waals surface area contributed by atoms with Crippen molar-refractivity contribution in [1.29, 1.82) is 0 Å². The number of ether oxygens (including phenoxy) is 1. The number of morpholine rings is 1. The van der Waals surface area contributed by atoms with Crippen molar-refractivity contribution in [3.63, 3.8) is 0 Å². The number of non-ortho nitro benzene ring substituents is 1. The minimum absolute atomic E-state index is 0.137. The van der Waals surface area contributed by atoms with Gasteiger partial charge in [-0.05, 0) is 36.4 Å². The maximum Gasteiger partial charge on any atom is 0.269 e. The van der Waals surface area contributed by atoms with E-state index in [1.165, 1.54) is 53.4 Å². The van der Waals surface area contributed by atoms with Crippen LogP contribution in [0.5, 0.6) is 0 Å². The third kappa shape index (κ3) is 5.83. The molecule has 2 aliphatic rings. The van der Waals surface area contributed by atoms with E-state index in [1.54, 1.807) is 0 Å². The number of hydrogen-bond acceptors (Lipinski definition) is 9. The number of carbonyl (C=O) groups is 3. The first kappa shape index (κ1) is 26.3. The molecule has 0 radical (unpaired) electrons. The lowest BCUT2D eigenvalue weighted by Gasteiger charge is -2.32. The van der Waals surface area contributed by atoms with Crippen LogP contribution in [-0.2, 0) is 24.3 Å². The average molecular weight is 532 g/mol. The average Bonchev–Trinajstić information content (AvgIpc) is 3.17. The Balaban J connectivity index is 1.60. The molecule has 4 rings (SSSR count). The highest BCUT2D eigenvalue weighted by Crippen LogP contribution is 2.28. The van der Waals surface area contributed by atoms with Gasteiger partial charge in [-0.25, -0.2) is 18.5 Å². The number of nitro benzene ring substituents is 1. The Morgan fingerprint density at radius 1 is 1.08 bits per heavy atom. The molecule has 196 valence electrons. The number of imide groups is 1. The third-order valence-electron chi connectivity index (χ3n) is 6.27. The van der Waals surface area contributed by atoms with Crippen LogP contribution in [0.25, 0.3) is 0 Å².